The van der Waals surface area contributed by atoms with Crippen LogP contribution in [0.4, 0.5) is 0 Å². The molecule has 146 valence electrons. The highest BCUT2D eigenvalue weighted by Crippen LogP contribution is 2.12. The largest absolute Gasteiger partial charge is 0.475 e. The zero-order valence-corrected chi connectivity index (χ0v) is 16.8. The Kier molecular flexibility index (Phi) is 6.09. The molecule has 6 heteroatoms. The van der Waals surface area contributed by atoms with Crippen molar-refractivity contribution < 1.29 is 9.53 Å². The lowest BCUT2D eigenvalue weighted by Crippen LogP contribution is -2.23. The fraction of sp³-hybridized carbons (Fsp3) is 0.318. The predicted octanol–water partition coefficient (Wildman–Crippen LogP) is 3.66. The third-order valence-electron chi connectivity index (χ3n) is 4.23. The SMILES string of the molecule is Cc1cc(C)n(Cc2cccc(C(=O)NCc3ccc(OC(C)C)nc3)c2)n1. The molecule has 1 N–H and O–H groups in total. The van der Waals surface area contributed by atoms with Crippen LogP contribution in [0.15, 0.2) is 48.7 Å². The van der Waals surface area contributed by atoms with Gasteiger partial charge in [-0.1, -0.05) is 18.2 Å². The monoisotopic (exact) mass is 378 g/mol. The van der Waals surface area contributed by atoms with Crippen molar-refractivity contribution in [2.75, 3.05) is 0 Å². The van der Waals surface area contributed by atoms with Gasteiger partial charge in [-0.2, -0.15) is 5.10 Å². The molecule has 0 aliphatic rings. The molecule has 0 spiro atoms. The second kappa shape index (κ2) is 8.69. The molecule has 0 unspecified atom stereocenters. The Balaban J connectivity index is 1.60. The molecule has 2 aromatic heterocycles. The Hall–Kier alpha value is -3.15. The first-order chi connectivity index (χ1) is 13.4. The molecule has 0 fully saturated rings. The van der Waals surface area contributed by atoms with Crippen LogP contribution < -0.4 is 10.1 Å². The quantitative estimate of drug-likeness (QED) is 0.681. The minimum Gasteiger partial charge on any atom is -0.475 e. The van der Waals surface area contributed by atoms with Gasteiger partial charge in [-0.3, -0.25) is 9.48 Å². The van der Waals surface area contributed by atoms with Crippen LogP contribution in [0.3, 0.4) is 0 Å². The molecular formula is C22H26N4O2. The summed E-state index contributed by atoms with van der Waals surface area (Å²) in [5.74, 6) is 0.472. The minimum absolute atomic E-state index is 0.0831. The summed E-state index contributed by atoms with van der Waals surface area (Å²) < 4.78 is 7.47. The van der Waals surface area contributed by atoms with Gasteiger partial charge in [-0.05, 0) is 57.0 Å². The third kappa shape index (κ3) is 5.19. The number of pyridine rings is 1. The molecule has 0 saturated carbocycles. The van der Waals surface area contributed by atoms with Gasteiger partial charge in [0, 0.05) is 30.1 Å². The van der Waals surface area contributed by atoms with Crippen LogP contribution in [0, 0.1) is 13.8 Å². The maximum atomic E-state index is 12.5. The topological polar surface area (TPSA) is 69.0 Å². The second-order valence-electron chi connectivity index (χ2n) is 7.14. The molecule has 0 bridgehead atoms. The van der Waals surface area contributed by atoms with Crippen molar-refractivity contribution >= 4 is 5.91 Å². The molecule has 3 aromatic rings. The van der Waals surface area contributed by atoms with E-state index in [0.717, 1.165) is 22.5 Å². The van der Waals surface area contributed by atoms with Gasteiger partial charge < -0.3 is 10.1 Å². The van der Waals surface area contributed by atoms with E-state index in [2.05, 4.69) is 15.4 Å². The first-order valence-corrected chi connectivity index (χ1v) is 9.40. The molecular weight excluding hydrogens is 352 g/mol. The molecule has 0 aliphatic heterocycles. The normalized spacial score (nSPS) is 10.9. The van der Waals surface area contributed by atoms with E-state index in [1.807, 2.05) is 74.8 Å². The maximum Gasteiger partial charge on any atom is 0.251 e. The number of hydrogen-bond donors (Lipinski definition) is 1. The third-order valence-corrected chi connectivity index (χ3v) is 4.23. The van der Waals surface area contributed by atoms with E-state index in [0.29, 0.717) is 24.5 Å². The van der Waals surface area contributed by atoms with Crippen LogP contribution >= 0.6 is 0 Å². The van der Waals surface area contributed by atoms with Gasteiger partial charge in [0.2, 0.25) is 5.88 Å². The van der Waals surface area contributed by atoms with E-state index in [1.165, 1.54) is 0 Å². The molecule has 0 saturated heterocycles. The van der Waals surface area contributed by atoms with Gasteiger partial charge in [0.25, 0.3) is 5.91 Å². The fourth-order valence-electron chi connectivity index (χ4n) is 2.93. The first kappa shape index (κ1) is 19.6. The van der Waals surface area contributed by atoms with Crippen LogP contribution in [-0.2, 0) is 13.1 Å². The molecule has 1 amide bonds. The highest BCUT2D eigenvalue weighted by atomic mass is 16.5. The summed E-state index contributed by atoms with van der Waals surface area (Å²) in [6, 6.07) is 13.4. The highest BCUT2D eigenvalue weighted by molar-refractivity contribution is 5.94. The molecule has 2 heterocycles. The summed E-state index contributed by atoms with van der Waals surface area (Å²) in [6.45, 7) is 8.97. The van der Waals surface area contributed by atoms with Crippen molar-refractivity contribution in [3.8, 4) is 5.88 Å². The summed E-state index contributed by atoms with van der Waals surface area (Å²) in [6.07, 6.45) is 1.80. The van der Waals surface area contributed by atoms with E-state index >= 15 is 0 Å². The number of carbonyl (C=O) groups excluding carboxylic acids is 1. The Morgan fingerprint density at radius 1 is 1.14 bits per heavy atom. The molecule has 1 aromatic carbocycles. The van der Waals surface area contributed by atoms with E-state index < -0.39 is 0 Å². The maximum absolute atomic E-state index is 12.5. The molecule has 0 atom stereocenters. The standard InChI is InChI=1S/C22H26N4O2/c1-15(2)28-21-9-8-19(12-23-21)13-24-22(27)20-7-5-6-18(11-20)14-26-17(4)10-16(3)25-26/h5-12,15H,13-14H2,1-4H3,(H,24,27). The lowest BCUT2D eigenvalue weighted by Gasteiger charge is -2.10. The van der Waals surface area contributed by atoms with Gasteiger partial charge in [-0.15, -0.1) is 0 Å². The number of ether oxygens (including phenoxy) is 1. The van der Waals surface area contributed by atoms with E-state index in [1.54, 1.807) is 6.20 Å². The number of benzene rings is 1. The average Bonchev–Trinajstić information content (AvgIpc) is 2.97. The molecule has 6 nitrogen and oxygen atoms in total. The van der Waals surface area contributed by atoms with Crippen LogP contribution in [0.1, 0.15) is 46.7 Å². The van der Waals surface area contributed by atoms with Crippen molar-refractivity contribution in [1.82, 2.24) is 20.1 Å². The number of aromatic nitrogens is 3. The first-order valence-electron chi connectivity index (χ1n) is 9.40. The summed E-state index contributed by atoms with van der Waals surface area (Å²) in [4.78, 5) is 16.8. The van der Waals surface area contributed by atoms with E-state index in [4.69, 9.17) is 4.74 Å². The van der Waals surface area contributed by atoms with Crippen LogP contribution in [0.25, 0.3) is 0 Å². The number of nitrogens with zero attached hydrogens (tertiary/aromatic N) is 3. The van der Waals surface area contributed by atoms with Gasteiger partial charge in [0.15, 0.2) is 0 Å². The smallest absolute Gasteiger partial charge is 0.251 e. The summed E-state index contributed by atoms with van der Waals surface area (Å²) in [5, 5.41) is 7.42. The Morgan fingerprint density at radius 2 is 1.96 bits per heavy atom. The van der Waals surface area contributed by atoms with Crippen molar-refractivity contribution in [3.05, 3.63) is 76.7 Å². The lowest BCUT2D eigenvalue weighted by atomic mass is 10.1. The second-order valence-corrected chi connectivity index (χ2v) is 7.14. The number of nitrogens with one attached hydrogen (secondary N) is 1. The highest BCUT2D eigenvalue weighted by Gasteiger charge is 2.08. The molecule has 0 radical (unpaired) electrons. The van der Waals surface area contributed by atoms with E-state index in [9.17, 15) is 4.79 Å². The van der Waals surface area contributed by atoms with E-state index in [-0.39, 0.29) is 12.0 Å². The van der Waals surface area contributed by atoms with Crippen LogP contribution in [0.5, 0.6) is 5.88 Å². The number of amides is 1. The zero-order chi connectivity index (χ0) is 20.1. The van der Waals surface area contributed by atoms with Crippen LogP contribution in [-0.4, -0.2) is 26.8 Å². The Morgan fingerprint density at radius 3 is 2.61 bits per heavy atom. The molecule has 0 aliphatic carbocycles. The zero-order valence-electron chi connectivity index (χ0n) is 16.8. The molecule has 28 heavy (non-hydrogen) atoms. The van der Waals surface area contributed by atoms with Crippen molar-refractivity contribution in [3.63, 3.8) is 0 Å². The van der Waals surface area contributed by atoms with Gasteiger partial charge in [0.1, 0.15) is 0 Å². The van der Waals surface area contributed by atoms with Crippen LogP contribution in [0.2, 0.25) is 0 Å². The Bertz CT molecular complexity index is 945. The number of aryl methyl sites for hydroxylation is 2. The van der Waals surface area contributed by atoms with Gasteiger partial charge in [-0.25, -0.2) is 4.98 Å². The van der Waals surface area contributed by atoms with Crippen molar-refractivity contribution in [2.24, 2.45) is 0 Å². The summed E-state index contributed by atoms with van der Waals surface area (Å²) >= 11 is 0. The summed E-state index contributed by atoms with van der Waals surface area (Å²) in [5.41, 5.74) is 4.68. The molecule has 3 rings (SSSR count). The number of hydrogen-bond acceptors (Lipinski definition) is 4. The average molecular weight is 378 g/mol. The van der Waals surface area contributed by atoms with Gasteiger partial charge in [0.05, 0.1) is 18.3 Å². The Labute approximate surface area is 165 Å². The minimum atomic E-state index is -0.113. The summed E-state index contributed by atoms with van der Waals surface area (Å²) in [7, 11) is 0. The lowest BCUT2D eigenvalue weighted by molar-refractivity contribution is 0.0950. The fourth-order valence-corrected chi connectivity index (χ4v) is 2.93. The van der Waals surface area contributed by atoms with Crippen molar-refractivity contribution in [2.45, 2.75) is 46.9 Å². The number of carbonyl (C=O) groups is 1. The number of rotatable bonds is 7. The van der Waals surface area contributed by atoms with Gasteiger partial charge >= 0.3 is 0 Å². The van der Waals surface area contributed by atoms with Crippen molar-refractivity contribution in [1.29, 1.82) is 0 Å². The predicted molar refractivity (Wildman–Crippen MR) is 108 cm³/mol.